The number of aromatic nitrogens is 1. The van der Waals surface area contributed by atoms with Crippen molar-refractivity contribution in [3.05, 3.63) is 48.4 Å². The van der Waals surface area contributed by atoms with Gasteiger partial charge in [-0.2, -0.15) is 0 Å². The molecule has 3 aromatic rings. The van der Waals surface area contributed by atoms with Crippen molar-refractivity contribution in [3.8, 4) is 0 Å². The summed E-state index contributed by atoms with van der Waals surface area (Å²) in [7, 11) is 1.86. The molecule has 4 rings (SSSR count). The van der Waals surface area contributed by atoms with Gasteiger partial charge in [-0.3, -0.25) is 4.79 Å². The molecule has 1 amide bonds. The Hall–Kier alpha value is -2.73. The molecule has 0 atom stereocenters. The third-order valence-electron chi connectivity index (χ3n) is 4.40. The Morgan fingerprint density at radius 2 is 1.88 bits per heavy atom. The average molecular weight is 325 g/mol. The molecule has 124 valence electrons. The van der Waals surface area contributed by atoms with Crippen LogP contribution in [0.1, 0.15) is 10.5 Å². The van der Waals surface area contributed by atoms with Crippen molar-refractivity contribution < 1.29 is 13.9 Å². The molecule has 1 N–H and O–H groups in total. The number of nitrogens with zero attached hydrogens (tertiary/aromatic N) is 2. The van der Waals surface area contributed by atoms with E-state index in [4.69, 9.17) is 9.15 Å². The predicted octanol–water partition coefficient (Wildman–Crippen LogP) is 2.86. The zero-order valence-electron chi connectivity index (χ0n) is 13.5. The van der Waals surface area contributed by atoms with E-state index in [0.29, 0.717) is 11.3 Å². The minimum atomic E-state index is -0.150. The first-order chi connectivity index (χ1) is 11.7. The zero-order valence-corrected chi connectivity index (χ0v) is 13.5. The first-order valence-corrected chi connectivity index (χ1v) is 7.99. The third-order valence-corrected chi connectivity index (χ3v) is 4.40. The number of hydrogen-bond acceptors (Lipinski definition) is 4. The number of anilines is 2. The highest BCUT2D eigenvalue weighted by Gasteiger charge is 2.16. The standard InChI is InChI=1S/C18H19N3O3/c1-20-15-6-9-24-17(15)12-16(20)18(22)19-13-2-4-14(5-3-13)21-7-10-23-11-8-21/h2-6,9,12H,7-8,10-11H2,1H3,(H,19,22). The second-order valence-corrected chi connectivity index (χ2v) is 5.86. The van der Waals surface area contributed by atoms with E-state index < -0.39 is 0 Å². The van der Waals surface area contributed by atoms with Gasteiger partial charge in [0.2, 0.25) is 0 Å². The number of aryl methyl sites for hydroxylation is 1. The van der Waals surface area contributed by atoms with Gasteiger partial charge in [-0.15, -0.1) is 0 Å². The average Bonchev–Trinajstić information content (AvgIpc) is 3.20. The van der Waals surface area contributed by atoms with Crippen molar-refractivity contribution in [2.45, 2.75) is 0 Å². The molecule has 2 aromatic heterocycles. The molecule has 0 saturated carbocycles. The van der Waals surface area contributed by atoms with Gasteiger partial charge in [-0.25, -0.2) is 0 Å². The van der Waals surface area contributed by atoms with Crippen LogP contribution in [-0.2, 0) is 11.8 Å². The smallest absolute Gasteiger partial charge is 0.272 e. The number of ether oxygens (including phenoxy) is 1. The number of carbonyl (C=O) groups excluding carboxylic acids is 1. The van der Waals surface area contributed by atoms with Gasteiger partial charge in [-0.05, 0) is 24.3 Å². The summed E-state index contributed by atoms with van der Waals surface area (Å²) in [6, 6.07) is 11.5. The first-order valence-electron chi connectivity index (χ1n) is 7.99. The topological polar surface area (TPSA) is 59.6 Å². The SMILES string of the molecule is Cn1c(C(=O)Nc2ccc(N3CCOCC3)cc2)cc2occc21. The van der Waals surface area contributed by atoms with Gasteiger partial charge in [0.15, 0.2) is 5.58 Å². The van der Waals surface area contributed by atoms with Crippen molar-refractivity contribution in [2.24, 2.45) is 7.05 Å². The summed E-state index contributed by atoms with van der Waals surface area (Å²) in [5.74, 6) is -0.150. The lowest BCUT2D eigenvalue weighted by atomic mass is 10.2. The molecule has 0 unspecified atom stereocenters. The van der Waals surface area contributed by atoms with E-state index in [0.717, 1.165) is 43.2 Å². The number of benzene rings is 1. The van der Waals surface area contributed by atoms with Gasteiger partial charge < -0.3 is 23.9 Å². The maximum absolute atomic E-state index is 12.5. The van der Waals surface area contributed by atoms with Gasteiger partial charge in [0.1, 0.15) is 5.69 Å². The Morgan fingerprint density at radius 3 is 2.58 bits per heavy atom. The molecule has 0 spiro atoms. The lowest BCUT2D eigenvalue weighted by Gasteiger charge is -2.28. The first kappa shape index (κ1) is 14.8. The zero-order chi connectivity index (χ0) is 16.5. The van der Waals surface area contributed by atoms with Gasteiger partial charge in [0, 0.05) is 43.6 Å². The quantitative estimate of drug-likeness (QED) is 0.804. The lowest BCUT2D eigenvalue weighted by Crippen LogP contribution is -2.36. The van der Waals surface area contributed by atoms with Crippen LogP contribution in [0.15, 0.2) is 47.1 Å². The molecule has 1 fully saturated rings. The van der Waals surface area contributed by atoms with Gasteiger partial charge in [0.05, 0.1) is 25.0 Å². The van der Waals surface area contributed by atoms with E-state index in [-0.39, 0.29) is 5.91 Å². The predicted molar refractivity (Wildman–Crippen MR) is 92.6 cm³/mol. The highest BCUT2D eigenvalue weighted by molar-refractivity contribution is 6.05. The number of rotatable bonds is 3. The summed E-state index contributed by atoms with van der Waals surface area (Å²) >= 11 is 0. The van der Waals surface area contributed by atoms with Crippen molar-refractivity contribution in [1.82, 2.24) is 4.57 Å². The number of furan rings is 1. The molecular weight excluding hydrogens is 306 g/mol. The van der Waals surface area contributed by atoms with Crippen molar-refractivity contribution in [2.75, 3.05) is 36.5 Å². The highest BCUT2D eigenvalue weighted by Crippen LogP contribution is 2.22. The molecule has 6 heteroatoms. The maximum atomic E-state index is 12.5. The molecule has 0 radical (unpaired) electrons. The lowest BCUT2D eigenvalue weighted by molar-refractivity contribution is 0.101. The van der Waals surface area contributed by atoms with Crippen LogP contribution in [0, 0.1) is 0 Å². The Bertz CT molecular complexity index is 857. The third kappa shape index (κ3) is 2.65. The van der Waals surface area contributed by atoms with Crippen molar-refractivity contribution in [1.29, 1.82) is 0 Å². The minimum Gasteiger partial charge on any atom is -0.463 e. The van der Waals surface area contributed by atoms with E-state index >= 15 is 0 Å². The van der Waals surface area contributed by atoms with Crippen LogP contribution in [-0.4, -0.2) is 36.8 Å². The van der Waals surface area contributed by atoms with Crippen molar-refractivity contribution in [3.63, 3.8) is 0 Å². The Kier molecular flexibility index (Phi) is 3.74. The summed E-state index contributed by atoms with van der Waals surface area (Å²) in [4.78, 5) is 14.8. The largest absolute Gasteiger partial charge is 0.463 e. The maximum Gasteiger partial charge on any atom is 0.272 e. The fraction of sp³-hybridized carbons (Fsp3) is 0.278. The normalized spacial score (nSPS) is 15.0. The van der Waals surface area contributed by atoms with Gasteiger partial charge >= 0.3 is 0 Å². The fourth-order valence-corrected chi connectivity index (χ4v) is 3.04. The molecule has 1 aliphatic rings. The molecule has 1 saturated heterocycles. The van der Waals surface area contributed by atoms with E-state index in [1.807, 2.05) is 41.9 Å². The van der Waals surface area contributed by atoms with Crippen LogP contribution in [0.5, 0.6) is 0 Å². The molecular formula is C18H19N3O3. The van der Waals surface area contributed by atoms with Crippen LogP contribution in [0.3, 0.4) is 0 Å². The molecule has 24 heavy (non-hydrogen) atoms. The van der Waals surface area contributed by atoms with Crippen molar-refractivity contribution >= 4 is 28.4 Å². The van der Waals surface area contributed by atoms with Crippen LogP contribution >= 0.6 is 0 Å². The van der Waals surface area contributed by atoms with E-state index in [1.54, 1.807) is 12.3 Å². The highest BCUT2D eigenvalue weighted by atomic mass is 16.5. The summed E-state index contributed by atoms with van der Waals surface area (Å²) in [6.45, 7) is 3.31. The summed E-state index contributed by atoms with van der Waals surface area (Å²) < 4.78 is 12.5. The second-order valence-electron chi connectivity index (χ2n) is 5.86. The van der Waals surface area contributed by atoms with E-state index in [1.165, 1.54) is 0 Å². The molecule has 3 heterocycles. The van der Waals surface area contributed by atoms with Crippen LogP contribution < -0.4 is 10.2 Å². The summed E-state index contributed by atoms with van der Waals surface area (Å²) in [6.07, 6.45) is 1.62. The number of hydrogen-bond donors (Lipinski definition) is 1. The van der Waals surface area contributed by atoms with Crippen LogP contribution in [0.25, 0.3) is 11.1 Å². The monoisotopic (exact) mass is 325 g/mol. The minimum absolute atomic E-state index is 0.150. The van der Waals surface area contributed by atoms with Gasteiger partial charge in [-0.1, -0.05) is 0 Å². The molecule has 0 bridgehead atoms. The number of nitrogens with one attached hydrogen (secondary N) is 1. The van der Waals surface area contributed by atoms with Crippen LogP contribution in [0.2, 0.25) is 0 Å². The number of fused-ring (bicyclic) bond motifs is 1. The van der Waals surface area contributed by atoms with E-state index in [2.05, 4.69) is 10.2 Å². The molecule has 6 nitrogen and oxygen atoms in total. The molecule has 1 aliphatic heterocycles. The molecule has 0 aliphatic carbocycles. The Morgan fingerprint density at radius 1 is 1.12 bits per heavy atom. The Labute approximate surface area is 139 Å². The number of morpholine rings is 1. The fourth-order valence-electron chi connectivity index (χ4n) is 3.04. The Balaban J connectivity index is 1.49. The van der Waals surface area contributed by atoms with Gasteiger partial charge in [0.25, 0.3) is 5.91 Å². The summed E-state index contributed by atoms with van der Waals surface area (Å²) in [5, 5.41) is 2.94. The number of amides is 1. The molecule has 1 aromatic carbocycles. The van der Waals surface area contributed by atoms with Crippen LogP contribution in [0.4, 0.5) is 11.4 Å². The summed E-state index contributed by atoms with van der Waals surface area (Å²) in [5.41, 5.74) is 4.11. The second kappa shape index (κ2) is 6.05. The number of carbonyl (C=O) groups is 1. The van der Waals surface area contributed by atoms with E-state index in [9.17, 15) is 4.79 Å².